The maximum Gasteiger partial charge on any atom is 0.119 e. The highest BCUT2D eigenvalue weighted by Crippen LogP contribution is 2.38. The number of ether oxygens (including phenoxy) is 1. The van der Waals surface area contributed by atoms with Crippen LogP contribution in [0.1, 0.15) is 29.2 Å². The molecule has 1 atom stereocenters. The van der Waals surface area contributed by atoms with Crippen LogP contribution in [0.2, 0.25) is 0 Å². The first-order valence-corrected chi connectivity index (χ1v) is 8.84. The Hall–Kier alpha value is -1.89. The van der Waals surface area contributed by atoms with Crippen LogP contribution < -0.4 is 10.1 Å². The number of rotatable bonds is 6. The van der Waals surface area contributed by atoms with Crippen LogP contribution in [0.3, 0.4) is 0 Å². The summed E-state index contributed by atoms with van der Waals surface area (Å²) in [4.78, 5) is 1.38. The number of nitrogens with one attached hydrogen (secondary N) is 1. The van der Waals surface area contributed by atoms with Gasteiger partial charge >= 0.3 is 0 Å². The van der Waals surface area contributed by atoms with Gasteiger partial charge in [0.05, 0.1) is 13.7 Å². The topological polar surface area (TPSA) is 21.3 Å². The molecule has 0 radical (unpaired) electrons. The number of terminal acetylenes is 1. The molecule has 1 aliphatic carbocycles. The van der Waals surface area contributed by atoms with Gasteiger partial charge in [-0.25, -0.2) is 0 Å². The van der Waals surface area contributed by atoms with Crippen molar-refractivity contribution in [1.29, 1.82) is 0 Å². The largest absolute Gasteiger partial charge is 0.497 e. The lowest BCUT2D eigenvalue weighted by Crippen LogP contribution is -2.19. The molecular formula is C20H21NOS. The molecule has 1 unspecified atom stereocenters. The Morgan fingerprint density at radius 1 is 1.30 bits per heavy atom. The van der Waals surface area contributed by atoms with E-state index in [1.807, 2.05) is 23.9 Å². The molecule has 3 rings (SSSR count). The molecule has 1 N–H and O–H groups in total. The summed E-state index contributed by atoms with van der Waals surface area (Å²) in [6, 6.07) is 15.3. The van der Waals surface area contributed by atoms with Crippen molar-refractivity contribution in [2.45, 2.75) is 29.5 Å². The van der Waals surface area contributed by atoms with E-state index in [1.165, 1.54) is 21.6 Å². The van der Waals surface area contributed by atoms with E-state index in [9.17, 15) is 0 Å². The Kier molecular flexibility index (Phi) is 5.27. The van der Waals surface area contributed by atoms with Crippen LogP contribution in [0.5, 0.6) is 5.75 Å². The average Bonchev–Trinajstić information content (AvgIpc) is 3.02. The van der Waals surface area contributed by atoms with E-state index in [2.05, 4.69) is 41.6 Å². The zero-order valence-electron chi connectivity index (χ0n) is 13.3. The van der Waals surface area contributed by atoms with E-state index in [4.69, 9.17) is 11.2 Å². The van der Waals surface area contributed by atoms with Gasteiger partial charge in [-0.1, -0.05) is 30.2 Å². The number of thioether (sulfide) groups is 1. The third-order valence-electron chi connectivity index (χ3n) is 4.21. The van der Waals surface area contributed by atoms with Gasteiger partial charge in [0, 0.05) is 16.7 Å². The fourth-order valence-electron chi connectivity index (χ4n) is 3.07. The third-order valence-corrected chi connectivity index (χ3v) is 5.38. The van der Waals surface area contributed by atoms with Gasteiger partial charge in [0.2, 0.25) is 0 Å². The average molecular weight is 323 g/mol. The highest BCUT2D eigenvalue weighted by Gasteiger charge is 2.23. The van der Waals surface area contributed by atoms with Gasteiger partial charge in [0.1, 0.15) is 5.75 Å². The van der Waals surface area contributed by atoms with Gasteiger partial charge in [-0.3, -0.25) is 5.32 Å². The third kappa shape index (κ3) is 3.72. The number of benzene rings is 2. The summed E-state index contributed by atoms with van der Waals surface area (Å²) < 4.78 is 5.30. The molecule has 0 saturated carbocycles. The summed E-state index contributed by atoms with van der Waals surface area (Å²) in [6.07, 6.45) is 7.62. The number of hydrogen-bond acceptors (Lipinski definition) is 3. The highest BCUT2D eigenvalue weighted by molar-refractivity contribution is 7.98. The normalized spacial score (nSPS) is 15.9. The first-order chi connectivity index (χ1) is 11.3. The summed E-state index contributed by atoms with van der Waals surface area (Å²) >= 11 is 1.90. The lowest BCUT2D eigenvalue weighted by Gasteiger charge is -2.13. The van der Waals surface area contributed by atoms with E-state index in [1.54, 1.807) is 7.11 Å². The molecule has 0 amide bonds. The lowest BCUT2D eigenvalue weighted by atomic mass is 10.1. The predicted molar refractivity (Wildman–Crippen MR) is 96.9 cm³/mol. The molecule has 0 fully saturated rings. The lowest BCUT2D eigenvalue weighted by molar-refractivity contribution is 0.414. The molecule has 2 nitrogen and oxygen atoms in total. The van der Waals surface area contributed by atoms with Gasteiger partial charge in [-0.2, -0.15) is 0 Å². The minimum atomic E-state index is 0.401. The van der Waals surface area contributed by atoms with Crippen LogP contribution in [0.25, 0.3) is 0 Å². The van der Waals surface area contributed by atoms with Crippen LogP contribution >= 0.6 is 11.8 Å². The monoisotopic (exact) mass is 323 g/mol. The Morgan fingerprint density at radius 2 is 2.17 bits per heavy atom. The van der Waals surface area contributed by atoms with Gasteiger partial charge in [0.25, 0.3) is 0 Å². The Bertz CT molecular complexity index is 720. The van der Waals surface area contributed by atoms with Crippen molar-refractivity contribution in [1.82, 2.24) is 5.32 Å². The molecule has 0 heterocycles. The van der Waals surface area contributed by atoms with E-state index >= 15 is 0 Å². The second-order valence-corrected chi connectivity index (χ2v) is 6.66. The molecule has 0 spiro atoms. The van der Waals surface area contributed by atoms with Crippen LogP contribution in [0.4, 0.5) is 0 Å². The quantitative estimate of drug-likeness (QED) is 0.636. The van der Waals surface area contributed by atoms with Crippen LogP contribution in [-0.4, -0.2) is 13.7 Å². The summed E-state index contributed by atoms with van der Waals surface area (Å²) in [5.74, 6) is 4.54. The fourth-order valence-corrected chi connectivity index (χ4v) is 4.14. The molecule has 118 valence electrons. The number of hydrogen-bond donors (Lipinski definition) is 1. The zero-order chi connectivity index (χ0) is 16.1. The van der Waals surface area contributed by atoms with E-state index in [0.717, 1.165) is 24.3 Å². The molecule has 2 aromatic carbocycles. The number of methoxy groups -OCH3 is 1. The molecule has 0 saturated heterocycles. The van der Waals surface area contributed by atoms with Crippen molar-refractivity contribution >= 4 is 11.8 Å². The van der Waals surface area contributed by atoms with Crippen molar-refractivity contribution in [3.63, 3.8) is 0 Å². The predicted octanol–water partition coefficient (Wildman–Crippen LogP) is 4.20. The minimum absolute atomic E-state index is 0.401. The molecule has 2 aromatic rings. The van der Waals surface area contributed by atoms with E-state index in [0.29, 0.717) is 12.6 Å². The molecular weight excluding hydrogens is 302 g/mol. The maximum atomic E-state index is 5.37. The van der Waals surface area contributed by atoms with Crippen molar-refractivity contribution < 1.29 is 4.74 Å². The smallest absolute Gasteiger partial charge is 0.119 e. The van der Waals surface area contributed by atoms with Gasteiger partial charge in [-0.15, -0.1) is 18.2 Å². The standard InChI is InChI=1S/C20H21NOS/c1-3-12-21-19-11-10-18-17(19)8-5-9-20(18)23-14-15-6-4-7-16(13-15)22-2/h1,4-9,13,19,21H,10-12,14H2,2H3. The second kappa shape index (κ2) is 7.59. The molecule has 0 bridgehead atoms. The van der Waals surface area contributed by atoms with Gasteiger partial charge in [-0.05, 0) is 47.7 Å². The van der Waals surface area contributed by atoms with Gasteiger partial charge < -0.3 is 4.74 Å². The molecule has 1 aliphatic rings. The summed E-state index contributed by atoms with van der Waals surface area (Å²) in [5, 5.41) is 3.44. The Balaban J connectivity index is 1.72. The minimum Gasteiger partial charge on any atom is -0.497 e. The molecule has 23 heavy (non-hydrogen) atoms. The zero-order valence-corrected chi connectivity index (χ0v) is 14.2. The number of fused-ring (bicyclic) bond motifs is 1. The highest BCUT2D eigenvalue weighted by atomic mass is 32.2. The summed E-state index contributed by atoms with van der Waals surface area (Å²) in [6.45, 7) is 0.630. The van der Waals surface area contributed by atoms with E-state index in [-0.39, 0.29) is 0 Å². The van der Waals surface area contributed by atoms with Crippen LogP contribution in [-0.2, 0) is 12.2 Å². The fraction of sp³-hybridized carbons (Fsp3) is 0.300. The van der Waals surface area contributed by atoms with Crippen molar-refractivity contribution in [2.75, 3.05) is 13.7 Å². The molecule has 3 heteroatoms. The first kappa shape index (κ1) is 16.0. The van der Waals surface area contributed by atoms with Gasteiger partial charge in [0.15, 0.2) is 0 Å². The summed E-state index contributed by atoms with van der Waals surface area (Å²) in [7, 11) is 1.71. The van der Waals surface area contributed by atoms with Crippen molar-refractivity contribution in [3.05, 3.63) is 59.2 Å². The maximum absolute atomic E-state index is 5.37. The Morgan fingerprint density at radius 3 is 3.00 bits per heavy atom. The Labute approximate surface area is 142 Å². The van der Waals surface area contributed by atoms with E-state index < -0.39 is 0 Å². The van der Waals surface area contributed by atoms with Crippen LogP contribution in [0, 0.1) is 12.3 Å². The second-order valence-electron chi connectivity index (χ2n) is 5.64. The van der Waals surface area contributed by atoms with Crippen molar-refractivity contribution in [3.8, 4) is 18.1 Å². The van der Waals surface area contributed by atoms with Crippen molar-refractivity contribution in [2.24, 2.45) is 0 Å². The molecule has 0 aliphatic heterocycles. The molecule has 0 aromatic heterocycles. The summed E-state index contributed by atoms with van der Waals surface area (Å²) in [5.41, 5.74) is 4.18. The van der Waals surface area contributed by atoms with Crippen LogP contribution in [0.15, 0.2) is 47.4 Å². The first-order valence-electron chi connectivity index (χ1n) is 7.86. The SMILES string of the molecule is C#CCNC1CCc2c(SCc3cccc(OC)c3)cccc21.